The SMILES string of the molecule is CSCCC(NC(=O)c1ccccc1-c1ccc(Oc2ccccn2)cc1)C(=O)O. The number of hydrogen-bond donors (Lipinski definition) is 2. The fraction of sp³-hybridized carbons (Fsp3) is 0.174. The Kier molecular flexibility index (Phi) is 7.45. The number of thioether (sulfide) groups is 1. The van der Waals surface area contributed by atoms with Gasteiger partial charge in [-0.2, -0.15) is 11.8 Å². The highest BCUT2D eigenvalue weighted by Crippen LogP contribution is 2.27. The van der Waals surface area contributed by atoms with Gasteiger partial charge >= 0.3 is 5.97 Å². The fourth-order valence-electron chi connectivity index (χ4n) is 2.89. The summed E-state index contributed by atoms with van der Waals surface area (Å²) in [6, 6.07) is 18.9. The van der Waals surface area contributed by atoms with Gasteiger partial charge in [0.15, 0.2) is 0 Å². The first-order valence-corrected chi connectivity index (χ1v) is 10.8. The number of hydrogen-bond acceptors (Lipinski definition) is 5. The van der Waals surface area contributed by atoms with Crippen LogP contribution in [-0.4, -0.2) is 40.0 Å². The molecule has 0 aliphatic heterocycles. The number of ether oxygens (including phenoxy) is 1. The monoisotopic (exact) mass is 422 g/mol. The fourth-order valence-corrected chi connectivity index (χ4v) is 3.36. The van der Waals surface area contributed by atoms with Gasteiger partial charge in [0, 0.05) is 17.8 Å². The largest absolute Gasteiger partial charge is 0.480 e. The third kappa shape index (κ3) is 5.61. The molecule has 0 saturated heterocycles. The van der Waals surface area contributed by atoms with Crippen LogP contribution in [0.3, 0.4) is 0 Å². The van der Waals surface area contributed by atoms with Gasteiger partial charge in [-0.05, 0) is 53.8 Å². The first kappa shape index (κ1) is 21.4. The van der Waals surface area contributed by atoms with Gasteiger partial charge in [-0.15, -0.1) is 0 Å². The molecule has 7 heteroatoms. The number of carbonyl (C=O) groups excluding carboxylic acids is 1. The van der Waals surface area contributed by atoms with Crippen molar-refractivity contribution in [2.24, 2.45) is 0 Å². The van der Waals surface area contributed by atoms with Crippen molar-refractivity contribution < 1.29 is 19.4 Å². The van der Waals surface area contributed by atoms with Gasteiger partial charge in [0.05, 0.1) is 0 Å². The Bertz CT molecular complexity index is 994. The van der Waals surface area contributed by atoms with E-state index in [2.05, 4.69) is 10.3 Å². The number of benzene rings is 2. The van der Waals surface area contributed by atoms with E-state index in [4.69, 9.17) is 4.74 Å². The van der Waals surface area contributed by atoms with Gasteiger partial charge < -0.3 is 15.2 Å². The summed E-state index contributed by atoms with van der Waals surface area (Å²) in [4.78, 5) is 28.4. The molecule has 2 N–H and O–H groups in total. The van der Waals surface area contributed by atoms with Crippen molar-refractivity contribution in [1.82, 2.24) is 10.3 Å². The molecular formula is C23H22N2O4S. The quantitative estimate of drug-likeness (QED) is 0.529. The molecule has 154 valence electrons. The molecule has 1 unspecified atom stereocenters. The van der Waals surface area contributed by atoms with Crippen LogP contribution in [0.4, 0.5) is 0 Å². The molecule has 30 heavy (non-hydrogen) atoms. The average Bonchev–Trinajstić information content (AvgIpc) is 2.77. The zero-order valence-electron chi connectivity index (χ0n) is 16.4. The van der Waals surface area contributed by atoms with E-state index in [1.54, 1.807) is 48.3 Å². The van der Waals surface area contributed by atoms with Crippen LogP contribution in [0, 0.1) is 0 Å². The molecule has 3 rings (SSSR count). The van der Waals surface area contributed by atoms with Crippen LogP contribution < -0.4 is 10.1 Å². The number of amides is 1. The Morgan fingerprint density at radius 2 is 1.80 bits per heavy atom. The molecule has 0 aliphatic carbocycles. The van der Waals surface area contributed by atoms with E-state index >= 15 is 0 Å². The molecule has 0 radical (unpaired) electrons. The number of aromatic nitrogens is 1. The lowest BCUT2D eigenvalue weighted by Gasteiger charge is -2.16. The lowest BCUT2D eigenvalue weighted by atomic mass is 9.98. The first-order chi connectivity index (χ1) is 14.6. The lowest BCUT2D eigenvalue weighted by Crippen LogP contribution is -2.41. The molecule has 2 aromatic carbocycles. The minimum absolute atomic E-state index is 0.365. The number of nitrogens with one attached hydrogen (secondary N) is 1. The Labute approximate surface area is 179 Å². The van der Waals surface area contributed by atoms with Crippen LogP contribution in [0.25, 0.3) is 11.1 Å². The predicted molar refractivity (Wildman–Crippen MR) is 118 cm³/mol. The normalized spacial score (nSPS) is 11.5. The van der Waals surface area contributed by atoms with E-state index in [0.717, 1.165) is 5.56 Å². The smallest absolute Gasteiger partial charge is 0.326 e. The van der Waals surface area contributed by atoms with Gasteiger partial charge in [0.2, 0.25) is 5.88 Å². The van der Waals surface area contributed by atoms with E-state index in [0.29, 0.717) is 34.9 Å². The van der Waals surface area contributed by atoms with Crippen molar-refractivity contribution >= 4 is 23.6 Å². The number of pyridine rings is 1. The van der Waals surface area contributed by atoms with Gasteiger partial charge in [0.25, 0.3) is 5.91 Å². The first-order valence-electron chi connectivity index (χ1n) is 9.39. The maximum atomic E-state index is 12.8. The highest BCUT2D eigenvalue weighted by atomic mass is 32.2. The molecule has 0 saturated carbocycles. The molecule has 1 aromatic heterocycles. The number of rotatable bonds is 9. The molecule has 0 fully saturated rings. The Hall–Kier alpha value is -3.32. The van der Waals surface area contributed by atoms with Crippen LogP contribution in [0.15, 0.2) is 72.9 Å². The summed E-state index contributed by atoms with van der Waals surface area (Å²) in [5.74, 6) is 0.326. The van der Waals surface area contributed by atoms with Crippen LogP contribution in [0.2, 0.25) is 0 Å². The molecule has 0 aliphatic rings. The highest BCUT2D eigenvalue weighted by Gasteiger charge is 2.21. The standard InChI is InChI=1S/C23H22N2O4S/c1-30-15-13-20(23(27)28)25-22(26)19-7-3-2-6-18(19)16-9-11-17(12-10-16)29-21-8-4-5-14-24-21/h2-12,14,20H,13,15H2,1H3,(H,25,26)(H,27,28). The summed E-state index contributed by atoms with van der Waals surface area (Å²) < 4.78 is 5.71. The van der Waals surface area contributed by atoms with Crippen molar-refractivity contribution in [3.05, 3.63) is 78.5 Å². The highest BCUT2D eigenvalue weighted by molar-refractivity contribution is 7.98. The zero-order chi connectivity index (χ0) is 21.3. The summed E-state index contributed by atoms with van der Waals surface area (Å²) in [5, 5.41) is 12.0. The molecule has 0 spiro atoms. The molecular weight excluding hydrogens is 400 g/mol. The van der Waals surface area contributed by atoms with Crippen LogP contribution in [-0.2, 0) is 4.79 Å². The molecule has 1 heterocycles. The second-order valence-electron chi connectivity index (χ2n) is 6.49. The number of carbonyl (C=O) groups is 2. The van der Waals surface area contributed by atoms with Crippen LogP contribution >= 0.6 is 11.8 Å². The van der Waals surface area contributed by atoms with E-state index in [1.165, 1.54) is 0 Å². The molecule has 3 aromatic rings. The Balaban J connectivity index is 1.79. The summed E-state index contributed by atoms with van der Waals surface area (Å²) in [6.45, 7) is 0. The Morgan fingerprint density at radius 1 is 1.07 bits per heavy atom. The number of nitrogens with zero attached hydrogens (tertiary/aromatic N) is 1. The summed E-state index contributed by atoms with van der Waals surface area (Å²) in [7, 11) is 0. The number of aliphatic carboxylic acids is 1. The zero-order valence-corrected chi connectivity index (χ0v) is 17.3. The van der Waals surface area contributed by atoms with E-state index in [1.807, 2.05) is 42.7 Å². The molecule has 6 nitrogen and oxygen atoms in total. The van der Waals surface area contributed by atoms with E-state index < -0.39 is 17.9 Å². The minimum atomic E-state index is -1.04. The average molecular weight is 423 g/mol. The van der Waals surface area contributed by atoms with Gasteiger partial charge in [0.1, 0.15) is 11.8 Å². The van der Waals surface area contributed by atoms with Crippen molar-refractivity contribution in [2.75, 3.05) is 12.0 Å². The topological polar surface area (TPSA) is 88.5 Å². The Morgan fingerprint density at radius 3 is 2.47 bits per heavy atom. The second kappa shape index (κ2) is 10.5. The van der Waals surface area contributed by atoms with Crippen molar-refractivity contribution in [2.45, 2.75) is 12.5 Å². The molecule has 0 bridgehead atoms. The van der Waals surface area contributed by atoms with Crippen LogP contribution in [0.5, 0.6) is 11.6 Å². The van der Waals surface area contributed by atoms with Crippen molar-refractivity contribution in [1.29, 1.82) is 0 Å². The minimum Gasteiger partial charge on any atom is -0.480 e. The van der Waals surface area contributed by atoms with Crippen LogP contribution in [0.1, 0.15) is 16.8 Å². The lowest BCUT2D eigenvalue weighted by molar-refractivity contribution is -0.139. The third-order valence-electron chi connectivity index (χ3n) is 4.41. The van der Waals surface area contributed by atoms with E-state index in [-0.39, 0.29) is 0 Å². The number of carboxylic acid groups (broad SMARTS) is 1. The summed E-state index contributed by atoms with van der Waals surface area (Å²) >= 11 is 1.54. The van der Waals surface area contributed by atoms with Gasteiger partial charge in [-0.25, -0.2) is 9.78 Å². The van der Waals surface area contributed by atoms with E-state index in [9.17, 15) is 14.7 Å². The summed E-state index contributed by atoms with van der Waals surface area (Å²) in [5.41, 5.74) is 1.96. The van der Waals surface area contributed by atoms with Gasteiger partial charge in [-0.3, -0.25) is 4.79 Å². The third-order valence-corrected chi connectivity index (χ3v) is 5.06. The molecule has 1 amide bonds. The van der Waals surface area contributed by atoms with Crippen molar-refractivity contribution in [3.63, 3.8) is 0 Å². The maximum absolute atomic E-state index is 12.8. The van der Waals surface area contributed by atoms with Gasteiger partial charge in [-0.1, -0.05) is 36.4 Å². The predicted octanol–water partition coefficient (Wildman–Crippen LogP) is 4.48. The van der Waals surface area contributed by atoms with Crippen molar-refractivity contribution in [3.8, 4) is 22.8 Å². The molecule has 1 atom stereocenters. The maximum Gasteiger partial charge on any atom is 0.326 e. The second-order valence-corrected chi connectivity index (χ2v) is 7.47. The number of carboxylic acids is 1. The summed E-state index contributed by atoms with van der Waals surface area (Å²) in [6.07, 6.45) is 3.92.